The van der Waals surface area contributed by atoms with Crippen LogP contribution in [0.25, 0.3) is 22.1 Å². The lowest BCUT2D eigenvalue weighted by atomic mass is 10.0. The van der Waals surface area contributed by atoms with Gasteiger partial charge in [-0.3, -0.25) is 5.43 Å². The number of benzene rings is 2. The first-order valence-electron chi connectivity index (χ1n) is 7.96. The molecule has 5 heteroatoms. The molecule has 0 spiro atoms. The second-order valence-corrected chi connectivity index (χ2v) is 6.00. The summed E-state index contributed by atoms with van der Waals surface area (Å²) in [5, 5.41) is 8.76. The molecule has 3 rings (SSSR count). The van der Waals surface area contributed by atoms with Crippen LogP contribution in [0, 0.1) is 6.92 Å². The van der Waals surface area contributed by atoms with Crippen LogP contribution in [0.1, 0.15) is 5.56 Å². The fourth-order valence-corrected chi connectivity index (χ4v) is 2.53. The molecule has 0 aliphatic heterocycles. The Kier molecular flexibility index (Phi) is 5.26. The second kappa shape index (κ2) is 7.77. The van der Waals surface area contributed by atoms with Crippen molar-refractivity contribution in [1.29, 1.82) is 0 Å². The van der Waals surface area contributed by atoms with E-state index in [0.29, 0.717) is 17.2 Å². The van der Waals surface area contributed by atoms with Gasteiger partial charge < -0.3 is 9.73 Å². The van der Waals surface area contributed by atoms with E-state index >= 15 is 0 Å². The monoisotopic (exact) mass is 349 g/mol. The Morgan fingerprint density at radius 1 is 1.20 bits per heavy atom. The van der Waals surface area contributed by atoms with Gasteiger partial charge in [0.05, 0.1) is 0 Å². The Hall–Kier alpha value is -2.92. The van der Waals surface area contributed by atoms with Gasteiger partial charge >= 0.3 is 0 Å². The molecule has 0 radical (unpaired) electrons. The van der Waals surface area contributed by atoms with Gasteiger partial charge in [0.15, 0.2) is 5.11 Å². The van der Waals surface area contributed by atoms with Crippen LogP contribution in [0.5, 0.6) is 0 Å². The van der Waals surface area contributed by atoms with Crippen molar-refractivity contribution in [2.24, 2.45) is 5.10 Å². The molecule has 0 unspecified atom stereocenters. The zero-order valence-electron chi connectivity index (χ0n) is 14.0. The summed E-state index contributed by atoms with van der Waals surface area (Å²) in [6.45, 7) is 6.28. The molecule has 0 aliphatic carbocycles. The van der Waals surface area contributed by atoms with E-state index in [-0.39, 0.29) is 0 Å². The Bertz CT molecular complexity index is 974. The number of hydrogen-bond donors (Lipinski definition) is 2. The number of nitrogens with zero attached hydrogens (tertiary/aromatic N) is 1. The maximum absolute atomic E-state index is 6.00. The molecule has 126 valence electrons. The van der Waals surface area contributed by atoms with E-state index in [9.17, 15) is 0 Å². The van der Waals surface area contributed by atoms with Crippen molar-refractivity contribution in [2.75, 3.05) is 6.54 Å². The average molecular weight is 349 g/mol. The molecular weight excluding hydrogens is 330 g/mol. The zero-order chi connectivity index (χ0) is 17.6. The molecule has 3 aromatic rings. The van der Waals surface area contributed by atoms with Crippen LogP contribution in [-0.4, -0.2) is 11.7 Å². The topological polar surface area (TPSA) is 49.6 Å². The molecule has 0 saturated carbocycles. The lowest BCUT2D eigenvalue weighted by molar-refractivity contribution is 0.533. The van der Waals surface area contributed by atoms with Gasteiger partial charge in [-0.25, -0.2) is 0 Å². The highest BCUT2D eigenvalue weighted by atomic mass is 32.1. The van der Waals surface area contributed by atoms with E-state index in [4.69, 9.17) is 16.6 Å². The predicted octanol–water partition coefficient (Wildman–Crippen LogP) is 3.87. The summed E-state index contributed by atoms with van der Waals surface area (Å²) in [5.41, 5.74) is 7.20. The molecule has 1 heterocycles. The maximum atomic E-state index is 6.00. The van der Waals surface area contributed by atoms with Gasteiger partial charge in [0.25, 0.3) is 0 Å². The Morgan fingerprint density at radius 2 is 1.96 bits per heavy atom. The molecular formula is C20H19N3OS. The largest absolute Gasteiger partial charge is 0.436 e. The first-order chi connectivity index (χ1) is 12.2. The summed E-state index contributed by atoms with van der Waals surface area (Å²) >= 11 is 5.19. The molecule has 1 aromatic heterocycles. The van der Waals surface area contributed by atoms with E-state index in [1.54, 1.807) is 6.08 Å². The van der Waals surface area contributed by atoms with E-state index in [1.807, 2.05) is 24.3 Å². The van der Waals surface area contributed by atoms with Gasteiger partial charge in [-0.15, -0.1) is 11.7 Å². The lowest BCUT2D eigenvalue weighted by Crippen LogP contribution is -2.33. The molecule has 0 atom stereocenters. The van der Waals surface area contributed by atoms with E-state index in [1.165, 1.54) is 5.56 Å². The third-order valence-electron chi connectivity index (χ3n) is 3.68. The standard InChI is InChI=1S/C20H19N3OS/c1-3-12-21-20(25)23-22-19-17(15-10-8-14(2)9-11-15)13-16-6-4-5-7-18(16)24-19/h3-11,13H,1,12H2,2H3,(H2,21,23,25)/b22-19+. The van der Waals surface area contributed by atoms with Crippen LogP contribution in [0.4, 0.5) is 0 Å². The predicted molar refractivity (Wildman–Crippen MR) is 106 cm³/mol. The van der Waals surface area contributed by atoms with Gasteiger partial charge in [-0.1, -0.05) is 54.1 Å². The molecule has 4 nitrogen and oxygen atoms in total. The lowest BCUT2D eigenvalue weighted by Gasteiger charge is -2.07. The number of para-hydroxylation sites is 1. The minimum absolute atomic E-state index is 0.415. The molecule has 0 saturated heterocycles. The number of hydrogen-bond acceptors (Lipinski definition) is 3. The summed E-state index contributed by atoms with van der Waals surface area (Å²) < 4.78 is 6.00. The van der Waals surface area contributed by atoms with E-state index in [2.05, 4.69) is 59.7 Å². The van der Waals surface area contributed by atoms with Gasteiger partial charge in [-0.05, 0) is 36.8 Å². The van der Waals surface area contributed by atoms with Crippen LogP contribution in [0.15, 0.2) is 76.8 Å². The van der Waals surface area contributed by atoms with Crippen LogP contribution >= 0.6 is 12.2 Å². The average Bonchev–Trinajstić information content (AvgIpc) is 2.64. The normalized spacial score (nSPS) is 11.3. The summed E-state index contributed by atoms with van der Waals surface area (Å²) in [6, 6.07) is 18.2. The third kappa shape index (κ3) is 4.14. The Labute approximate surface area is 151 Å². The highest BCUT2D eigenvalue weighted by molar-refractivity contribution is 7.80. The number of aryl methyl sites for hydroxylation is 1. The minimum Gasteiger partial charge on any atom is -0.436 e. The summed E-state index contributed by atoms with van der Waals surface area (Å²) in [4.78, 5) is 0. The van der Waals surface area contributed by atoms with E-state index in [0.717, 1.165) is 22.1 Å². The van der Waals surface area contributed by atoms with Crippen LogP contribution < -0.4 is 16.3 Å². The van der Waals surface area contributed by atoms with Gasteiger partial charge in [0.1, 0.15) is 5.58 Å². The Balaban J connectivity index is 2.07. The van der Waals surface area contributed by atoms with Crippen molar-refractivity contribution < 1.29 is 4.42 Å². The zero-order valence-corrected chi connectivity index (χ0v) is 14.8. The van der Waals surface area contributed by atoms with E-state index < -0.39 is 0 Å². The maximum Gasteiger partial charge on any atom is 0.244 e. The van der Waals surface area contributed by atoms with Crippen LogP contribution in [0.3, 0.4) is 0 Å². The van der Waals surface area contributed by atoms with Crippen molar-refractivity contribution in [3.8, 4) is 11.1 Å². The van der Waals surface area contributed by atoms with Gasteiger partial charge in [0.2, 0.25) is 5.55 Å². The molecule has 25 heavy (non-hydrogen) atoms. The fourth-order valence-electron chi connectivity index (χ4n) is 2.40. The van der Waals surface area contributed by atoms with Crippen molar-refractivity contribution in [3.63, 3.8) is 0 Å². The summed E-state index contributed by atoms with van der Waals surface area (Å²) in [7, 11) is 0. The summed E-state index contributed by atoms with van der Waals surface area (Å²) in [6.07, 6.45) is 1.73. The second-order valence-electron chi connectivity index (χ2n) is 5.59. The Morgan fingerprint density at radius 3 is 2.72 bits per heavy atom. The fraction of sp³-hybridized carbons (Fsp3) is 0.100. The van der Waals surface area contributed by atoms with Crippen LogP contribution in [-0.2, 0) is 0 Å². The van der Waals surface area contributed by atoms with Crippen molar-refractivity contribution in [1.82, 2.24) is 10.7 Å². The van der Waals surface area contributed by atoms with Crippen molar-refractivity contribution >= 4 is 28.3 Å². The molecule has 0 aliphatic rings. The number of nitrogens with one attached hydrogen (secondary N) is 2. The third-order valence-corrected chi connectivity index (χ3v) is 3.92. The first-order valence-corrected chi connectivity index (χ1v) is 8.36. The van der Waals surface area contributed by atoms with Crippen molar-refractivity contribution in [2.45, 2.75) is 6.92 Å². The molecule has 2 N–H and O–H groups in total. The SMILES string of the molecule is C=CCNC(=S)N/N=c1/oc2ccccc2cc1-c1ccc(C)cc1. The van der Waals surface area contributed by atoms with Gasteiger partial charge in [-0.2, -0.15) is 0 Å². The molecule has 2 aromatic carbocycles. The quantitative estimate of drug-likeness (QED) is 0.426. The minimum atomic E-state index is 0.415. The number of thiocarbonyl (C=S) groups is 1. The highest BCUT2D eigenvalue weighted by Gasteiger charge is 2.06. The van der Waals surface area contributed by atoms with Crippen molar-refractivity contribution in [3.05, 3.63) is 78.4 Å². The smallest absolute Gasteiger partial charge is 0.244 e. The highest BCUT2D eigenvalue weighted by Crippen LogP contribution is 2.21. The number of rotatable bonds is 4. The molecule has 0 bridgehead atoms. The summed E-state index contributed by atoms with van der Waals surface area (Å²) in [5.74, 6) is 0. The molecule has 0 fully saturated rings. The number of fused-ring (bicyclic) bond motifs is 1. The van der Waals surface area contributed by atoms with Gasteiger partial charge in [0, 0.05) is 17.5 Å². The van der Waals surface area contributed by atoms with Crippen LogP contribution in [0.2, 0.25) is 0 Å². The first kappa shape index (κ1) is 16.9. The molecule has 0 amide bonds.